The minimum absolute atomic E-state index is 0. The largest absolute Gasteiger partial charge is 0.481 e. The Morgan fingerprint density at radius 1 is 1.12 bits per heavy atom. The van der Waals surface area contributed by atoms with Crippen molar-refractivity contribution in [2.24, 2.45) is 22.4 Å². The Hall–Kier alpha value is -2.89. The fourth-order valence-electron chi connectivity index (χ4n) is 3.89. The van der Waals surface area contributed by atoms with Gasteiger partial charge >= 0.3 is 5.97 Å². The highest BCUT2D eigenvalue weighted by atomic mass is 35.5. The van der Waals surface area contributed by atoms with Crippen LogP contribution in [0.2, 0.25) is 0 Å². The van der Waals surface area contributed by atoms with Crippen LogP contribution in [0.25, 0.3) is 10.8 Å². The third-order valence-electron chi connectivity index (χ3n) is 5.73. The number of hydrogen-bond donors (Lipinski definition) is 4. The summed E-state index contributed by atoms with van der Waals surface area (Å²) in [7, 11) is -3.99. The molecule has 0 bridgehead atoms. The summed E-state index contributed by atoms with van der Waals surface area (Å²) < 4.78 is 28.8. The predicted octanol–water partition coefficient (Wildman–Crippen LogP) is 1.29. The second kappa shape index (κ2) is 12.0. The van der Waals surface area contributed by atoms with Crippen molar-refractivity contribution in [2.45, 2.75) is 36.6 Å². The Morgan fingerprint density at radius 3 is 2.38 bits per heavy atom. The number of fused-ring (bicyclic) bond motifs is 1. The monoisotopic (exact) mass is 511 g/mol. The van der Waals surface area contributed by atoms with Gasteiger partial charge in [-0.2, -0.15) is 4.72 Å². The van der Waals surface area contributed by atoms with E-state index in [0.29, 0.717) is 19.3 Å². The van der Waals surface area contributed by atoms with Crippen molar-refractivity contribution in [2.75, 3.05) is 19.6 Å². The number of guanidine groups is 1. The normalized spacial score (nSPS) is 15.4. The van der Waals surface area contributed by atoms with Gasteiger partial charge in [-0.3, -0.25) is 14.6 Å². The quantitative estimate of drug-likeness (QED) is 0.223. The highest BCUT2D eigenvalue weighted by molar-refractivity contribution is 7.89. The van der Waals surface area contributed by atoms with Crippen molar-refractivity contribution in [3.63, 3.8) is 0 Å². The molecular formula is C22H30ClN5O5S. The predicted molar refractivity (Wildman–Crippen MR) is 132 cm³/mol. The molecule has 1 heterocycles. The molecule has 34 heavy (non-hydrogen) atoms. The van der Waals surface area contributed by atoms with Gasteiger partial charge in [0.2, 0.25) is 15.9 Å². The molecule has 1 aliphatic rings. The standard InChI is InChI=1S/C22H29N5O5S.ClH/c23-22(24)25-11-3-6-19(20(28)27-12-9-16(10-13-27)21(29)30)26-33(31,32)18-8-7-15-4-1-2-5-17(15)14-18;/h1-2,4-5,7-8,14,16,19,26H,3,6,9-13H2,(H,29,30)(H4,23,24,25);1H. The molecule has 0 spiro atoms. The summed E-state index contributed by atoms with van der Waals surface area (Å²) in [5.41, 5.74) is 10.7. The van der Waals surface area contributed by atoms with Gasteiger partial charge in [-0.1, -0.05) is 30.3 Å². The zero-order valence-corrected chi connectivity index (χ0v) is 20.2. The van der Waals surface area contributed by atoms with Gasteiger partial charge in [0.1, 0.15) is 6.04 Å². The molecule has 0 aliphatic carbocycles. The molecule has 2 aromatic rings. The molecule has 3 rings (SSSR count). The maximum Gasteiger partial charge on any atom is 0.306 e. The molecule has 2 aromatic carbocycles. The first kappa shape index (κ1) is 27.4. The number of amides is 1. The van der Waals surface area contributed by atoms with Gasteiger partial charge in [0.05, 0.1) is 10.8 Å². The number of benzene rings is 2. The molecule has 10 nitrogen and oxygen atoms in total. The van der Waals surface area contributed by atoms with Crippen molar-refractivity contribution < 1.29 is 23.1 Å². The molecule has 0 aromatic heterocycles. The Morgan fingerprint density at radius 2 is 1.76 bits per heavy atom. The number of piperidine rings is 1. The smallest absolute Gasteiger partial charge is 0.306 e. The summed E-state index contributed by atoms with van der Waals surface area (Å²) in [5.74, 6) is -1.84. The topological polar surface area (TPSA) is 168 Å². The Kier molecular flexibility index (Phi) is 9.66. The van der Waals surface area contributed by atoms with Crippen LogP contribution in [0, 0.1) is 5.92 Å². The first-order valence-corrected chi connectivity index (χ1v) is 12.2. The van der Waals surface area contributed by atoms with E-state index in [0.717, 1.165) is 10.8 Å². The van der Waals surface area contributed by atoms with E-state index in [1.165, 1.54) is 11.0 Å². The number of aliphatic carboxylic acids is 1. The highest BCUT2D eigenvalue weighted by Crippen LogP contribution is 2.22. The van der Waals surface area contributed by atoms with Crippen molar-refractivity contribution >= 4 is 51.0 Å². The zero-order valence-electron chi connectivity index (χ0n) is 18.6. The van der Waals surface area contributed by atoms with Gasteiger partial charge in [0, 0.05) is 19.6 Å². The molecular weight excluding hydrogens is 482 g/mol. The van der Waals surface area contributed by atoms with Gasteiger partial charge in [0.25, 0.3) is 0 Å². The molecule has 1 unspecified atom stereocenters. The number of nitrogens with one attached hydrogen (secondary N) is 1. The number of carbonyl (C=O) groups is 2. The van der Waals surface area contributed by atoms with E-state index in [1.54, 1.807) is 12.1 Å². The number of sulfonamides is 1. The minimum Gasteiger partial charge on any atom is -0.481 e. The van der Waals surface area contributed by atoms with Crippen LogP contribution in [0.3, 0.4) is 0 Å². The maximum absolute atomic E-state index is 13.2. The van der Waals surface area contributed by atoms with E-state index >= 15 is 0 Å². The van der Waals surface area contributed by atoms with E-state index < -0.39 is 28.0 Å². The van der Waals surface area contributed by atoms with Crippen molar-refractivity contribution in [3.8, 4) is 0 Å². The van der Waals surface area contributed by atoms with Gasteiger partial charge < -0.3 is 21.5 Å². The van der Waals surface area contributed by atoms with Gasteiger partial charge in [0.15, 0.2) is 5.96 Å². The van der Waals surface area contributed by atoms with Crippen LogP contribution in [0.15, 0.2) is 52.4 Å². The number of nitrogens with zero attached hydrogens (tertiary/aromatic N) is 2. The van der Waals surface area contributed by atoms with E-state index in [2.05, 4.69) is 9.71 Å². The van der Waals surface area contributed by atoms with E-state index in [4.69, 9.17) is 11.5 Å². The Balaban J connectivity index is 0.00000408. The molecule has 1 amide bonds. The molecule has 6 N–H and O–H groups in total. The number of carbonyl (C=O) groups excluding carboxylic acids is 1. The van der Waals surface area contributed by atoms with Crippen LogP contribution in [0.5, 0.6) is 0 Å². The lowest BCUT2D eigenvalue weighted by Crippen LogP contribution is -2.51. The number of carboxylic acids is 1. The average Bonchev–Trinajstić information content (AvgIpc) is 2.80. The zero-order chi connectivity index (χ0) is 24.0. The van der Waals surface area contributed by atoms with E-state index in [9.17, 15) is 23.1 Å². The maximum atomic E-state index is 13.2. The van der Waals surface area contributed by atoms with Gasteiger partial charge in [-0.15, -0.1) is 12.4 Å². The molecule has 0 saturated carbocycles. The number of nitrogens with two attached hydrogens (primary N) is 2. The summed E-state index contributed by atoms with van der Waals surface area (Å²) in [6.45, 7) is 0.778. The van der Waals surface area contributed by atoms with Crippen molar-refractivity contribution in [1.29, 1.82) is 0 Å². The SMILES string of the molecule is Cl.NC(N)=NCCCC(NS(=O)(=O)c1ccc2ccccc2c1)C(=O)N1CCC(C(=O)O)CC1. The van der Waals surface area contributed by atoms with Crippen LogP contribution in [0.1, 0.15) is 25.7 Å². The number of rotatable bonds is 9. The Bertz CT molecular complexity index is 1150. The van der Waals surface area contributed by atoms with E-state index in [1.807, 2.05) is 24.3 Å². The summed E-state index contributed by atoms with van der Waals surface area (Å²) in [6.07, 6.45) is 1.25. The number of hydrogen-bond acceptors (Lipinski definition) is 5. The molecule has 1 fully saturated rings. The summed E-state index contributed by atoms with van der Waals surface area (Å²) in [6, 6.07) is 11.2. The fraction of sp³-hybridized carbons (Fsp3) is 0.409. The number of aliphatic imine (C=N–C) groups is 1. The van der Waals surface area contributed by atoms with Crippen LogP contribution in [-0.2, 0) is 19.6 Å². The summed E-state index contributed by atoms with van der Waals surface area (Å²) in [4.78, 5) is 29.9. The summed E-state index contributed by atoms with van der Waals surface area (Å²) >= 11 is 0. The lowest BCUT2D eigenvalue weighted by molar-refractivity contribution is -0.146. The van der Waals surface area contributed by atoms with Crippen molar-refractivity contribution in [1.82, 2.24) is 9.62 Å². The number of likely N-dealkylation sites (tertiary alicyclic amines) is 1. The molecule has 186 valence electrons. The lowest BCUT2D eigenvalue weighted by Gasteiger charge is -2.33. The lowest BCUT2D eigenvalue weighted by atomic mass is 9.96. The molecule has 1 aliphatic heterocycles. The van der Waals surface area contributed by atoms with Gasteiger partial charge in [-0.25, -0.2) is 8.42 Å². The molecule has 1 atom stereocenters. The average molecular weight is 512 g/mol. The second-order valence-corrected chi connectivity index (χ2v) is 9.78. The van der Waals surface area contributed by atoms with Crippen LogP contribution in [-0.4, -0.2) is 61.9 Å². The second-order valence-electron chi connectivity index (χ2n) is 8.07. The minimum atomic E-state index is -3.99. The number of halogens is 1. The van der Waals surface area contributed by atoms with Crippen LogP contribution >= 0.6 is 12.4 Å². The molecule has 12 heteroatoms. The number of carboxylic acid groups (broad SMARTS) is 1. The first-order valence-electron chi connectivity index (χ1n) is 10.8. The third-order valence-corrected chi connectivity index (χ3v) is 7.20. The third kappa shape index (κ3) is 7.05. The molecule has 1 saturated heterocycles. The van der Waals surface area contributed by atoms with Gasteiger partial charge in [-0.05, 0) is 48.6 Å². The molecule has 0 radical (unpaired) electrons. The Labute approximate surface area is 204 Å². The van der Waals surface area contributed by atoms with E-state index in [-0.39, 0.29) is 55.2 Å². The highest BCUT2D eigenvalue weighted by Gasteiger charge is 2.33. The summed E-state index contributed by atoms with van der Waals surface area (Å²) in [5, 5.41) is 10.9. The fourth-order valence-corrected chi connectivity index (χ4v) is 5.15. The van der Waals surface area contributed by atoms with Crippen LogP contribution < -0.4 is 16.2 Å². The first-order chi connectivity index (χ1) is 15.7. The van der Waals surface area contributed by atoms with Crippen molar-refractivity contribution in [3.05, 3.63) is 42.5 Å². The van der Waals surface area contributed by atoms with Crippen LogP contribution in [0.4, 0.5) is 0 Å².